The van der Waals surface area contributed by atoms with Crippen molar-refractivity contribution in [2.24, 2.45) is 0 Å². The van der Waals surface area contributed by atoms with Gasteiger partial charge in [0.15, 0.2) is 6.10 Å². The van der Waals surface area contributed by atoms with Crippen molar-refractivity contribution in [3.05, 3.63) is 40.3 Å². The van der Waals surface area contributed by atoms with E-state index in [1.54, 1.807) is 38.3 Å². The third-order valence-electron chi connectivity index (χ3n) is 4.87. The lowest BCUT2D eigenvalue weighted by atomic mass is 9.99. The summed E-state index contributed by atoms with van der Waals surface area (Å²) < 4.78 is 20.6. The Hall–Kier alpha value is -3.07. The molecule has 9 heteroatoms. The minimum Gasteiger partial charge on any atom is -0.497 e. The van der Waals surface area contributed by atoms with Crippen molar-refractivity contribution < 1.29 is 33.3 Å². The monoisotopic (exact) mass is 433 g/mol. The largest absolute Gasteiger partial charge is 0.497 e. The van der Waals surface area contributed by atoms with E-state index in [1.165, 1.54) is 25.6 Å². The number of hydrogen-bond donors (Lipinski definition) is 1. The van der Waals surface area contributed by atoms with Crippen molar-refractivity contribution in [1.82, 2.24) is 0 Å². The van der Waals surface area contributed by atoms with Crippen LogP contribution in [-0.4, -0.2) is 45.3 Å². The quantitative estimate of drug-likeness (QED) is 0.670. The number of nitrogens with one attached hydrogen (secondary N) is 1. The molecule has 2 aromatic rings. The molecule has 1 heterocycles. The van der Waals surface area contributed by atoms with E-state index in [9.17, 15) is 14.4 Å². The fourth-order valence-corrected chi connectivity index (χ4v) is 4.65. The van der Waals surface area contributed by atoms with Crippen LogP contribution in [-0.2, 0) is 25.5 Å². The average molecular weight is 433 g/mol. The highest BCUT2D eigenvalue weighted by molar-refractivity contribution is 7.17. The molecule has 0 fully saturated rings. The van der Waals surface area contributed by atoms with Crippen LogP contribution in [0.15, 0.2) is 24.3 Å². The first-order chi connectivity index (χ1) is 14.4. The van der Waals surface area contributed by atoms with E-state index in [4.69, 9.17) is 18.9 Å². The first kappa shape index (κ1) is 21.6. The number of hydrogen-bond acceptors (Lipinski definition) is 8. The molecule has 2 unspecified atom stereocenters. The fraction of sp³-hybridized carbons (Fsp3) is 0.381. The van der Waals surface area contributed by atoms with E-state index in [0.29, 0.717) is 34.9 Å². The fourth-order valence-electron chi connectivity index (χ4n) is 3.38. The number of ether oxygens (including phenoxy) is 4. The number of thiophene rings is 1. The van der Waals surface area contributed by atoms with Gasteiger partial charge in [-0.05, 0) is 37.5 Å². The first-order valence-electron chi connectivity index (χ1n) is 9.32. The summed E-state index contributed by atoms with van der Waals surface area (Å²) in [7, 11) is 4.11. The van der Waals surface area contributed by atoms with Gasteiger partial charge in [0.1, 0.15) is 16.5 Å². The topological polar surface area (TPSA) is 100 Å². The van der Waals surface area contributed by atoms with E-state index in [-0.39, 0.29) is 5.56 Å². The van der Waals surface area contributed by atoms with Crippen LogP contribution in [0.25, 0.3) is 0 Å². The summed E-state index contributed by atoms with van der Waals surface area (Å²) in [5, 5.41) is 3.09. The third-order valence-corrected chi connectivity index (χ3v) is 6.05. The number of esters is 2. The summed E-state index contributed by atoms with van der Waals surface area (Å²) in [5.74, 6) is -0.922. The molecule has 0 saturated carbocycles. The van der Waals surface area contributed by atoms with Crippen LogP contribution in [0, 0.1) is 0 Å². The first-order valence-corrected chi connectivity index (χ1v) is 10.1. The normalized spacial score (nSPS) is 15.7. The van der Waals surface area contributed by atoms with Crippen molar-refractivity contribution >= 4 is 34.2 Å². The van der Waals surface area contributed by atoms with Gasteiger partial charge >= 0.3 is 11.9 Å². The number of anilines is 1. The zero-order chi connectivity index (χ0) is 21.8. The van der Waals surface area contributed by atoms with Crippen molar-refractivity contribution in [1.29, 1.82) is 0 Å². The minimum atomic E-state index is -0.837. The van der Waals surface area contributed by atoms with E-state index >= 15 is 0 Å². The Morgan fingerprint density at radius 3 is 2.53 bits per heavy atom. The molecule has 0 radical (unpaired) electrons. The smallest absolute Gasteiger partial charge is 0.341 e. The lowest BCUT2D eigenvalue weighted by Crippen LogP contribution is -2.30. The van der Waals surface area contributed by atoms with Gasteiger partial charge in [-0.15, -0.1) is 11.3 Å². The van der Waals surface area contributed by atoms with Crippen LogP contribution in [0.3, 0.4) is 0 Å². The van der Waals surface area contributed by atoms with Crippen LogP contribution in [0.1, 0.15) is 40.1 Å². The van der Waals surface area contributed by atoms with Gasteiger partial charge in [-0.1, -0.05) is 6.07 Å². The Bertz CT molecular complexity index is 968. The number of fused-ring (bicyclic) bond motifs is 1. The molecular formula is C21H23NO7S. The third kappa shape index (κ3) is 4.25. The van der Waals surface area contributed by atoms with Crippen molar-refractivity contribution in [2.75, 3.05) is 26.6 Å². The Labute approximate surface area is 178 Å². The molecule has 1 aliphatic carbocycles. The summed E-state index contributed by atoms with van der Waals surface area (Å²) >= 11 is 1.27. The zero-order valence-corrected chi connectivity index (χ0v) is 18.0. The van der Waals surface area contributed by atoms with Gasteiger partial charge in [0.05, 0.1) is 32.8 Å². The predicted octanol–water partition coefficient (Wildman–Crippen LogP) is 3.15. The minimum absolute atomic E-state index is 0.201. The Morgan fingerprint density at radius 1 is 1.13 bits per heavy atom. The second-order valence-corrected chi connectivity index (χ2v) is 7.78. The van der Waals surface area contributed by atoms with Crippen LogP contribution < -0.4 is 14.8 Å². The summed E-state index contributed by atoms with van der Waals surface area (Å²) in [4.78, 5) is 38.2. The highest BCUT2D eigenvalue weighted by atomic mass is 32.1. The maximum Gasteiger partial charge on any atom is 0.341 e. The van der Waals surface area contributed by atoms with Gasteiger partial charge in [0.25, 0.3) is 5.91 Å². The number of methoxy groups -OCH3 is 3. The van der Waals surface area contributed by atoms with Crippen LogP contribution in [0.4, 0.5) is 5.00 Å². The average Bonchev–Trinajstić information content (AvgIpc) is 3.31. The van der Waals surface area contributed by atoms with E-state index in [0.717, 1.165) is 4.88 Å². The van der Waals surface area contributed by atoms with Gasteiger partial charge in [-0.2, -0.15) is 0 Å². The maximum absolute atomic E-state index is 12.7. The van der Waals surface area contributed by atoms with Crippen molar-refractivity contribution in [2.45, 2.75) is 31.8 Å². The Kier molecular flexibility index (Phi) is 6.61. The molecule has 0 saturated heterocycles. The van der Waals surface area contributed by atoms with Gasteiger partial charge in [0, 0.05) is 10.9 Å². The molecule has 1 aromatic carbocycles. The molecule has 30 heavy (non-hydrogen) atoms. The Balaban J connectivity index is 1.83. The SMILES string of the molecule is COC(=O)c1c(NC(=O)C(C)Oc2cccc(OC)c2)sc2c1C(C(=O)OC)CC2. The molecule has 1 aliphatic rings. The number of benzene rings is 1. The van der Waals surface area contributed by atoms with Gasteiger partial charge < -0.3 is 24.3 Å². The second-order valence-electron chi connectivity index (χ2n) is 6.68. The molecule has 8 nitrogen and oxygen atoms in total. The summed E-state index contributed by atoms with van der Waals surface area (Å²) in [6.45, 7) is 1.60. The molecule has 0 spiro atoms. The lowest BCUT2D eigenvalue weighted by Gasteiger charge is -2.16. The number of amides is 1. The highest BCUT2D eigenvalue weighted by Gasteiger charge is 2.38. The van der Waals surface area contributed by atoms with Crippen LogP contribution in [0.5, 0.6) is 11.5 Å². The molecule has 160 valence electrons. The number of carbonyl (C=O) groups excluding carboxylic acids is 3. The number of carbonyl (C=O) groups is 3. The summed E-state index contributed by atoms with van der Waals surface area (Å²) in [6.07, 6.45) is 0.340. The van der Waals surface area contributed by atoms with Crippen molar-refractivity contribution in [3.8, 4) is 11.5 Å². The molecule has 1 N–H and O–H groups in total. The standard InChI is InChI=1S/C21H23NO7S/c1-11(29-13-7-5-6-12(10-13)26-2)18(23)22-19-17(21(25)28-4)16-14(20(24)27-3)8-9-15(16)30-19/h5-7,10-11,14H,8-9H2,1-4H3,(H,22,23). The zero-order valence-electron chi connectivity index (χ0n) is 17.1. The maximum atomic E-state index is 12.7. The molecule has 0 aliphatic heterocycles. The second kappa shape index (κ2) is 9.17. The molecule has 1 aromatic heterocycles. The predicted molar refractivity (Wildman–Crippen MR) is 110 cm³/mol. The molecule has 3 rings (SSSR count). The summed E-state index contributed by atoms with van der Waals surface area (Å²) in [6, 6.07) is 6.91. The van der Waals surface area contributed by atoms with E-state index in [1.807, 2.05) is 0 Å². The van der Waals surface area contributed by atoms with Gasteiger partial charge in [-0.25, -0.2) is 4.79 Å². The van der Waals surface area contributed by atoms with Crippen LogP contribution in [0.2, 0.25) is 0 Å². The molecular weight excluding hydrogens is 410 g/mol. The number of rotatable bonds is 7. The molecule has 2 atom stereocenters. The highest BCUT2D eigenvalue weighted by Crippen LogP contribution is 2.46. The number of aryl methyl sites for hydroxylation is 1. The molecule has 0 bridgehead atoms. The van der Waals surface area contributed by atoms with Crippen molar-refractivity contribution in [3.63, 3.8) is 0 Å². The van der Waals surface area contributed by atoms with Gasteiger partial charge in [-0.3, -0.25) is 9.59 Å². The Morgan fingerprint density at radius 2 is 1.87 bits per heavy atom. The van der Waals surface area contributed by atoms with E-state index < -0.39 is 29.9 Å². The van der Waals surface area contributed by atoms with Crippen LogP contribution >= 0.6 is 11.3 Å². The molecule has 1 amide bonds. The van der Waals surface area contributed by atoms with E-state index in [2.05, 4.69) is 5.32 Å². The summed E-state index contributed by atoms with van der Waals surface area (Å²) in [5.41, 5.74) is 0.780. The lowest BCUT2D eigenvalue weighted by molar-refractivity contribution is -0.142. The van der Waals surface area contributed by atoms with Gasteiger partial charge in [0.2, 0.25) is 0 Å².